The van der Waals surface area contributed by atoms with Crippen LogP contribution in [0, 0.1) is 11.6 Å². The predicted octanol–water partition coefficient (Wildman–Crippen LogP) is 5.75. The Labute approximate surface area is 209 Å². The van der Waals surface area contributed by atoms with Gasteiger partial charge >= 0.3 is 5.97 Å². The highest BCUT2D eigenvalue weighted by Gasteiger charge is 2.35. The molecule has 1 aliphatic rings. The Morgan fingerprint density at radius 3 is 2.28 bits per heavy atom. The normalized spacial score (nSPS) is 16.5. The number of amides is 1. The summed E-state index contributed by atoms with van der Waals surface area (Å²) in [5, 5.41) is 9.32. The third kappa shape index (κ3) is 5.90. The van der Waals surface area contributed by atoms with Crippen LogP contribution in [0.4, 0.5) is 8.78 Å². The van der Waals surface area contributed by atoms with Gasteiger partial charge in [-0.15, -0.1) is 0 Å². The van der Waals surface area contributed by atoms with Crippen LogP contribution in [0.3, 0.4) is 0 Å². The number of carbonyl (C=O) groups excluding carboxylic acids is 1. The number of rotatable bonds is 8. The van der Waals surface area contributed by atoms with Gasteiger partial charge in [-0.05, 0) is 65.4 Å². The average Bonchev–Trinajstić information content (AvgIpc) is 3.12. The highest BCUT2D eigenvalue weighted by molar-refractivity contribution is 5.96. The minimum absolute atomic E-state index is 0.169. The lowest BCUT2D eigenvalue weighted by molar-refractivity contribution is -0.137. The SMILES string of the molecule is CC(C)c1ccc(C[C@]2(C)Cc3cc(C(=O)N(CC(=O)O)Cc4cc(F)cc(F)c4)ccc3O2)cc1. The molecule has 0 aromatic heterocycles. The number of aliphatic carboxylic acids is 1. The molecule has 0 unspecified atom stereocenters. The summed E-state index contributed by atoms with van der Waals surface area (Å²) < 4.78 is 33.5. The van der Waals surface area contributed by atoms with Gasteiger partial charge in [0.1, 0.15) is 29.5 Å². The van der Waals surface area contributed by atoms with Gasteiger partial charge in [0.05, 0.1) is 0 Å². The molecule has 0 bridgehead atoms. The number of benzene rings is 3. The summed E-state index contributed by atoms with van der Waals surface area (Å²) in [6.07, 6.45) is 1.28. The first-order valence-corrected chi connectivity index (χ1v) is 11.9. The van der Waals surface area contributed by atoms with Crippen molar-refractivity contribution in [2.75, 3.05) is 6.54 Å². The van der Waals surface area contributed by atoms with Crippen molar-refractivity contribution in [2.24, 2.45) is 0 Å². The first kappa shape index (κ1) is 25.4. The average molecular weight is 494 g/mol. The molecule has 5 nitrogen and oxygen atoms in total. The van der Waals surface area contributed by atoms with Crippen LogP contribution in [0.2, 0.25) is 0 Å². The Balaban J connectivity index is 1.51. The molecule has 0 radical (unpaired) electrons. The fourth-order valence-corrected chi connectivity index (χ4v) is 4.67. The summed E-state index contributed by atoms with van der Waals surface area (Å²) >= 11 is 0. The van der Waals surface area contributed by atoms with Gasteiger partial charge in [-0.2, -0.15) is 0 Å². The summed E-state index contributed by atoms with van der Waals surface area (Å²) in [4.78, 5) is 25.7. The summed E-state index contributed by atoms with van der Waals surface area (Å²) in [6, 6.07) is 16.4. The lowest BCUT2D eigenvalue weighted by atomic mass is 9.90. The second-order valence-electron chi connectivity index (χ2n) is 9.96. The van der Waals surface area contributed by atoms with E-state index >= 15 is 0 Å². The topological polar surface area (TPSA) is 66.8 Å². The molecular formula is C29H29F2NO4. The maximum Gasteiger partial charge on any atom is 0.323 e. The van der Waals surface area contributed by atoms with Crippen molar-refractivity contribution in [3.05, 3.63) is 100 Å². The van der Waals surface area contributed by atoms with Crippen LogP contribution in [-0.4, -0.2) is 34.0 Å². The molecule has 0 aliphatic carbocycles. The van der Waals surface area contributed by atoms with E-state index in [1.54, 1.807) is 18.2 Å². The highest BCUT2D eigenvalue weighted by atomic mass is 19.1. The van der Waals surface area contributed by atoms with E-state index in [4.69, 9.17) is 4.74 Å². The van der Waals surface area contributed by atoms with Crippen LogP contribution in [0.5, 0.6) is 5.75 Å². The number of carboxylic acid groups (broad SMARTS) is 1. The minimum atomic E-state index is -1.22. The fourth-order valence-electron chi connectivity index (χ4n) is 4.67. The van der Waals surface area contributed by atoms with Crippen molar-refractivity contribution in [1.29, 1.82) is 0 Å². The van der Waals surface area contributed by atoms with E-state index in [1.807, 2.05) is 6.92 Å². The van der Waals surface area contributed by atoms with Gasteiger partial charge in [-0.3, -0.25) is 9.59 Å². The quantitative estimate of drug-likeness (QED) is 0.434. The van der Waals surface area contributed by atoms with Gasteiger partial charge in [0.25, 0.3) is 5.91 Å². The largest absolute Gasteiger partial charge is 0.487 e. The van der Waals surface area contributed by atoms with Gasteiger partial charge in [-0.1, -0.05) is 38.1 Å². The molecule has 0 fully saturated rings. The Morgan fingerprint density at radius 1 is 1.00 bits per heavy atom. The first-order chi connectivity index (χ1) is 17.0. The van der Waals surface area contributed by atoms with Crippen LogP contribution >= 0.6 is 0 Å². The highest BCUT2D eigenvalue weighted by Crippen LogP contribution is 2.38. The lowest BCUT2D eigenvalue weighted by Crippen LogP contribution is -2.35. The molecular weight excluding hydrogens is 464 g/mol. The van der Waals surface area contributed by atoms with Crippen LogP contribution in [0.1, 0.15) is 59.3 Å². The summed E-state index contributed by atoms with van der Waals surface area (Å²) in [6.45, 7) is 5.49. The number of fused-ring (bicyclic) bond motifs is 1. The number of hydrogen-bond acceptors (Lipinski definition) is 3. The fraction of sp³-hybridized carbons (Fsp3) is 0.310. The molecule has 0 spiro atoms. The van der Waals surface area contributed by atoms with E-state index in [-0.39, 0.29) is 12.1 Å². The van der Waals surface area contributed by atoms with E-state index in [2.05, 4.69) is 38.1 Å². The number of ether oxygens (including phenoxy) is 1. The molecule has 1 N–H and O–H groups in total. The van der Waals surface area contributed by atoms with Crippen molar-refractivity contribution in [3.63, 3.8) is 0 Å². The lowest BCUT2D eigenvalue weighted by Gasteiger charge is -2.24. The molecule has 1 aliphatic heterocycles. The zero-order valence-corrected chi connectivity index (χ0v) is 20.6. The molecule has 4 rings (SSSR count). The van der Waals surface area contributed by atoms with Gasteiger partial charge < -0.3 is 14.7 Å². The smallest absolute Gasteiger partial charge is 0.323 e. The third-order valence-electron chi connectivity index (χ3n) is 6.36. The molecule has 1 heterocycles. The summed E-state index contributed by atoms with van der Waals surface area (Å²) in [7, 11) is 0. The zero-order chi connectivity index (χ0) is 26.0. The third-order valence-corrected chi connectivity index (χ3v) is 6.36. The standard InChI is InChI=1S/C29H29F2NO4/c1-18(2)21-6-4-19(5-7-21)14-29(3)15-23-12-22(8-9-26(23)36-29)28(35)32(17-27(33)34)16-20-10-24(30)13-25(31)11-20/h4-13,18H,14-17H2,1-3H3,(H,33,34)/t29-/m1/s1. The summed E-state index contributed by atoms with van der Waals surface area (Å²) in [5.74, 6) is -2.20. The molecule has 3 aromatic carbocycles. The predicted molar refractivity (Wildman–Crippen MR) is 132 cm³/mol. The number of nitrogens with zero attached hydrogens (tertiary/aromatic N) is 1. The van der Waals surface area contributed by atoms with Crippen LogP contribution in [0.25, 0.3) is 0 Å². The Morgan fingerprint density at radius 2 is 1.67 bits per heavy atom. The van der Waals surface area contributed by atoms with Crippen molar-refractivity contribution >= 4 is 11.9 Å². The Bertz CT molecular complexity index is 1270. The number of halogens is 2. The van der Waals surface area contributed by atoms with E-state index in [0.29, 0.717) is 30.1 Å². The van der Waals surface area contributed by atoms with Gasteiger partial charge in [0.2, 0.25) is 0 Å². The number of hydrogen-bond donors (Lipinski definition) is 1. The summed E-state index contributed by atoms with van der Waals surface area (Å²) in [5.41, 5.74) is 3.26. The van der Waals surface area contributed by atoms with Crippen LogP contribution < -0.4 is 4.74 Å². The second kappa shape index (κ2) is 10.1. The molecule has 0 saturated carbocycles. The van der Waals surface area contributed by atoms with Gasteiger partial charge in [0, 0.05) is 31.0 Å². The van der Waals surface area contributed by atoms with Crippen LogP contribution in [0.15, 0.2) is 60.7 Å². The molecule has 3 aromatic rings. The van der Waals surface area contributed by atoms with Crippen molar-refractivity contribution in [2.45, 2.75) is 51.7 Å². The molecule has 1 atom stereocenters. The van der Waals surface area contributed by atoms with Crippen molar-refractivity contribution in [1.82, 2.24) is 4.90 Å². The van der Waals surface area contributed by atoms with Crippen molar-refractivity contribution < 1.29 is 28.2 Å². The molecule has 0 saturated heterocycles. The van der Waals surface area contributed by atoms with Gasteiger partial charge in [0.15, 0.2) is 0 Å². The maximum absolute atomic E-state index is 13.6. The van der Waals surface area contributed by atoms with Gasteiger partial charge in [-0.25, -0.2) is 8.78 Å². The Hall–Kier alpha value is -3.74. The molecule has 7 heteroatoms. The minimum Gasteiger partial charge on any atom is -0.487 e. The zero-order valence-electron chi connectivity index (χ0n) is 20.6. The second-order valence-corrected chi connectivity index (χ2v) is 9.96. The Kier molecular flexibility index (Phi) is 7.11. The molecule has 188 valence electrons. The van der Waals surface area contributed by atoms with Crippen LogP contribution in [-0.2, 0) is 24.2 Å². The first-order valence-electron chi connectivity index (χ1n) is 11.9. The number of carbonyl (C=O) groups is 2. The maximum atomic E-state index is 13.6. The van der Waals surface area contributed by atoms with E-state index in [9.17, 15) is 23.5 Å². The van der Waals surface area contributed by atoms with E-state index in [0.717, 1.165) is 34.2 Å². The number of carboxylic acids is 1. The van der Waals surface area contributed by atoms with Crippen molar-refractivity contribution in [3.8, 4) is 5.75 Å². The van der Waals surface area contributed by atoms with E-state index in [1.165, 1.54) is 5.56 Å². The monoisotopic (exact) mass is 493 g/mol. The molecule has 1 amide bonds. The molecule has 36 heavy (non-hydrogen) atoms. The van der Waals surface area contributed by atoms with E-state index < -0.39 is 35.7 Å².